The molecule has 1 aromatic heterocycles. The summed E-state index contributed by atoms with van der Waals surface area (Å²) < 4.78 is 2.48. The van der Waals surface area contributed by atoms with Gasteiger partial charge in [0.15, 0.2) is 0 Å². The fraction of sp³-hybridized carbons (Fsp3) is 0.500. The molecule has 0 aliphatic carbocycles. The van der Waals surface area contributed by atoms with Gasteiger partial charge in [-0.05, 0) is 63.9 Å². The standard InChI is InChI=1S/C16H22N2/c1-11-8-13-10-14(16(2,3)17-4)9-12-6-5-7-18(11)15(12)13/h8-10,17H,5-7H2,1-4H3. The maximum atomic E-state index is 3.41. The zero-order valence-electron chi connectivity index (χ0n) is 11.8. The van der Waals surface area contributed by atoms with E-state index < -0.39 is 0 Å². The van der Waals surface area contributed by atoms with Gasteiger partial charge in [-0.1, -0.05) is 6.07 Å². The Balaban J connectivity index is 2.28. The molecule has 1 aliphatic heterocycles. The number of aryl methyl sites for hydroxylation is 3. The first-order valence-electron chi connectivity index (χ1n) is 6.85. The molecule has 2 nitrogen and oxygen atoms in total. The third-order valence-corrected chi connectivity index (χ3v) is 4.45. The van der Waals surface area contributed by atoms with Crippen LogP contribution >= 0.6 is 0 Å². The zero-order valence-corrected chi connectivity index (χ0v) is 11.8. The maximum absolute atomic E-state index is 3.41. The predicted octanol–water partition coefficient (Wildman–Crippen LogP) is 3.35. The molecule has 0 saturated heterocycles. The second-order valence-electron chi connectivity index (χ2n) is 5.99. The number of hydrogen-bond acceptors (Lipinski definition) is 1. The molecule has 2 heteroatoms. The van der Waals surface area contributed by atoms with Crippen LogP contribution in [-0.4, -0.2) is 11.6 Å². The van der Waals surface area contributed by atoms with Crippen molar-refractivity contribution in [3.8, 4) is 0 Å². The van der Waals surface area contributed by atoms with Crippen molar-refractivity contribution in [3.05, 3.63) is 35.0 Å². The molecular weight excluding hydrogens is 220 g/mol. The Morgan fingerprint density at radius 1 is 1.22 bits per heavy atom. The Hall–Kier alpha value is -1.28. The van der Waals surface area contributed by atoms with Gasteiger partial charge in [-0.2, -0.15) is 0 Å². The minimum atomic E-state index is 0.0398. The van der Waals surface area contributed by atoms with E-state index in [1.54, 1.807) is 0 Å². The zero-order chi connectivity index (χ0) is 12.9. The Morgan fingerprint density at radius 3 is 2.72 bits per heavy atom. The van der Waals surface area contributed by atoms with E-state index in [9.17, 15) is 0 Å². The lowest BCUT2D eigenvalue weighted by molar-refractivity contribution is 0.444. The summed E-state index contributed by atoms with van der Waals surface area (Å²) in [6.45, 7) is 7.89. The van der Waals surface area contributed by atoms with Crippen LogP contribution in [0.15, 0.2) is 18.2 Å². The summed E-state index contributed by atoms with van der Waals surface area (Å²) in [5, 5.41) is 4.81. The summed E-state index contributed by atoms with van der Waals surface area (Å²) >= 11 is 0. The smallest absolute Gasteiger partial charge is 0.0515 e. The van der Waals surface area contributed by atoms with Gasteiger partial charge in [-0.3, -0.25) is 0 Å². The number of hydrogen-bond donors (Lipinski definition) is 1. The molecule has 1 aromatic carbocycles. The van der Waals surface area contributed by atoms with E-state index in [1.807, 2.05) is 7.05 Å². The lowest BCUT2D eigenvalue weighted by Gasteiger charge is -2.27. The molecule has 0 unspecified atom stereocenters. The van der Waals surface area contributed by atoms with Crippen molar-refractivity contribution >= 4 is 10.9 Å². The molecule has 2 aromatic rings. The number of benzene rings is 1. The monoisotopic (exact) mass is 242 g/mol. The topological polar surface area (TPSA) is 17.0 Å². The molecule has 0 atom stereocenters. The second kappa shape index (κ2) is 3.86. The van der Waals surface area contributed by atoms with Crippen molar-refractivity contribution < 1.29 is 0 Å². The average Bonchev–Trinajstić information content (AvgIpc) is 2.68. The summed E-state index contributed by atoms with van der Waals surface area (Å²) in [5.74, 6) is 0. The quantitative estimate of drug-likeness (QED) is 0.854. The van der Waals surface area contributed by atoms with Gasteiger partial charge in [-0.15, -0.1) is 0 Å². The number of nitrogens with one attached hydrogen (secondary N) is 1. The predicted molar refractivity (Wildman–Crippen MR) is 77.1 cm³/mol. The van der Waals surface area contributed by atoms with E-state index in [-0.39, 0.29) is 5.54 Å². The van der Waals surface area contributed by atoms with Gasteiger partial charge < -0.3 is 9.88 Å². The van der Waals surface area contributed by atoms with Crippen LogP contribution in [0.25, 0.3) is 10.9 Å². The van der Waals surface area contributed by atoms with Gasteiger partial charge in [0.2, 0.25) is 0 Å². The first-order chi connectivity index (χ1) is 8.53. The highest BCUT2D eigenvalue weighted by Gasteiger charge is 2.22. The molecule has 0 bridgehead atoms. The van der Waals surface area contributed by atoms with E-state index in [0.29, 0.717) is 0 Å². The highest BCUT2D eigenvalue weighted by Crippen LogP contribution is 2.33. The molecule has 0 radical (unpaired) electrons. The van der Waals surface area contributed by atoms with Gasteiger partial charge in [0.1, 0.15) is 0 Å². The Kier molecular flexibility index (Phi) is 2.53. The van der Waals surface area contributed by atoms with Crippen molar-refractivity contribution in [2.45, 2.75) is 45.7 Å². The van der Waals surface area contributed by atoms with Crippen LogP contribution in [0.2, 0.25) is 0 Å². The third kappa shape index (κ3) is 1.59. The summed E-state index contributed by atoms with van der Waals surface area (Å²) in [6.07, 6.45) is 2.48. The van der Waals surface area contributed by atoms with Gasteiger partial charge >= 0.3 is 0 Å². The van der Waals surface area contributed by atoms with Crippen LogP contribution in [0.5, 0.6) is 0 Å². The summed E-state index contributed by atoms with van der Waals surface area (Å²) in [4.78, 5) is 0. The van der Waals surface area contributed by atoms with Crippen LogP contribution in [-0.2, 0) is 18.5 Å². The van der Waals surface area contributed by atoms with Crippen molar-refractivity contribution in [3.63, 3.8) is 0 Å². The second-order valence-corrected chi connectivity index (χ2v) is 5.99. The molecule has 1 N–H and O–H groups in total. The molecule has 2 heterocycles. The Bertz CT molecular complexity index is 605. The molecule has 0 amide bonds. The molecule has 96 valence electrons. The Labute approximate surface area is 109 Å². The van der Waals surface area contributed by atoms with Gasteiger partial charge in [0.05, 0.1) is 5.52 Å². The SMILES string of the molecule is CNC(C)(C)c1cc2c3c(c1)cc(C)n3CCC2. The van der Waals surface area contributed by atoms with Crippen LogP contribution in [0.1, 0.15) is 37.1 Å². The largest absolute Gasteiger partial charge is 0.345 e. The third-order valence-electron chi connectivity index (χ3n) is 4.45. The van der Waals surface area contributed by atoms with Crippen LogP contribution in [0.4, 0.5) is 0 Å². The fourth-order valence-corrected chi connectivity index (χ4v) is 3.05. The van der Waals surface area contributed by atoms with Crippen LogP contribution in [0, 0.1) is 6.92 Å². The minimum Gasteiger partial charge on any atom is -0.345 e. The van der Waals surface area contributed by atoms with E-state index >= 15 is 0 Å². The number of rotatable bonds is 2. The average molecular weight is 242 g/mol. The van der Waals surface area contributed by atoms with Crippen molar-refractivity contribution in [2.75, 3.05) is 7.05 Å². The lowest BCUT2D eigenvalue weighted by atomic mass is 9.90. The molecule has 3 rings (SSSR count). The first kappa shape index (κ1) is 11.8. The molecule has 0 saturated carbocycles. The van der Waals surface area contributed by atoms with Gasteiger partial charge in [-0.25, -0.2) is 0 Å². The molecule has 18 heavy (non-hydrogen) atoms. The number of nitrogens with zero attached hydrogens (tertiary/aromatic N) is 1. The maximum Gasteiger partial charge on any atom is 0.0515 e. The molecular formula is C16H22N2. The molecule has 0 fully saturated rings. The van der Waals surface area contributed by atoms with E-state index in [1.165, 1.54) is 47.1 Å². The number of aromatic nitrogens is 1. The van der Waals surface area contributed by atoms with Crippen molar-refractivity contribution in [2.24, 2.45) is 0 Å². The first-order valence-corrected chi connectivity index (χ1v) is 6.85. The van der Waals surface area contributed by atoms with Crippen LogP contribution < -0.4 is 5.32 Å². The highest BCUT2D eigenvalue weighted by atomic mass is 15.0. The van der Waals surface area contributed by atoms with E-state index in [2.05, 4.69) is 48.9 Å². The molecule has 0 spiro atoms. The van der Waals surface area contributed by atoms with Gasteiger partial charge in [0, 0.05) is 23.2 Å². The lowest BCUT2D eigenvalue weighted by Crippen LogP contribution is -2.33. The van der Waals surface area contributed by atoms with E-state index in [4.69, 9.17) is 0 Å². The van der Waals surface area contributed by atoms with E-state index in [0.717, 1.165) is 0 Å². The molecule has 1 aliphatic rings. The fourth-order valence-electron chi connectivity index (χ4n) is 3.05. The highest BCUT2D eigenvalue weighted by molar-refractivity contribution is 5.86. The van der Waals surface area contributed by atoms with Crippen molar-refractivity contribution in [1.29, 1.82) is 0 Å². The summed E-state index contributed by atoms with van der Waals surface area (Å²) in [5.41, 5.74) is 5.81. The minimum absolute atomic E-state index is 0.0398. The van der Waals surface area contributed by atoms with Crippen LogP contribution in [0.3, 0.4) is 0 Å². The summed E-state index contributed by atoms with van der Waals surface area (Å²) in [7, 11) is 2.03. The Morgan fingerprint density at radius 2 is 2.00 bits per heavy atom. The summed E-state index contributed by atoms with van der Waals surface area (Å²) in [6, 6.07) is 7.08. The normalized spacial score (nSPS) is 15.3. The van der Waals surface area contributed by atoms with Crippen molar-refractivity contribution in [1.82, 2.24) is 9.88 Å². The van der Waals surface area contributed by atoms with Gasteiger partial charge in [0.25, 0.3) is 0 Å².